The zero-order chi connectivity index (χ0) is 39.0. The van der Waals surface area contributed by atoms with Gasteiger partial charge in [-0.2, -0.15) is 0 Å². The zero-order valence-corrected chi connectivity index (χ0v) is 39.0. The Bertz CT molecular complexity index is 1170. The third kappa shape index (κ3) is 5.11. The van der Waals surface area contributed by atoms with Crippen LogP contribution in [0, 0.1) is 139 Å². The maximum absolute atomic E-state index is 2.85. The highest BCUT2D eigenvalue weighted by molar-refractivity contribution is 5.28. The normalized spacial score (nSPS) is 51.2. The van der Waals surface area contributed by atoms with Gasteiger partial charge in [-0.3, -0.25) is 0 Å². The fourth-order valence-corrected chi connectivity index (χ4v) is 18.3. The first-order valence-electron chi connectivity index (χ1n) is 22.3. The summed E-state index contributed by atoms with van der Waals surface area (Å²) in [7, 11) is 0. The van der Waals surface area contributed by atoms with Gasteiger partial charge in [0, 0.05) is 0 Å². The molecule has 4 aliphatic rings. The second-order valence-corrected chi connectivity index (χ2v) is 24.9. The average Bonchev–Trinajstić information content (AvgIpc) is 2.97. The lowest BCUT2D eigenvalue weighted by Crippen LogP contribution is -2.79. The molecule has 18 atom stereocenters. The fraction of sp³-hybridized carbons (Fsp3) is 1.00. The molecule has 4 rings (SSSR count). The number of fused-ring (bicyclic) bond motifs is 1. The summed E-state index contributed by atoms with van der Waals surface area (Å²) in [5.41, 5.74) is 0.856. The quantitative estimate of drug-likeness (QED) is 0.275. The molecule has 0 aromatic rings. The summed E-state index contributed by atoms with van der Waals surface area (Å²) in [5, 5.41) is 0. The molecule has 0 amide bonds. The first-order chi connectivity index (χ1) is 22.3. The van der Waals surface area contributed by atoms with E-state index in [0.29, 0.717) is 29.6 Å². The van der Waals surface area contributed by atoms with E-state index in [9.17, 15) is 0 Å². The van der Waals surface area contributed by atoms with Gasteiger partial charge in [0.25, 0.3) is 0 Å². The Morgan fingerprint density at radius 2 is 0.780 bits per heavy atom. The van der Waals surface area contributed by atoms with Crippen LogP contribution in [0.2, 0.25) is 0 Å². The van der Waals surface area contributed by atoms with Gasteiger partial charge in [0.05, 0.1) is 0 Å². The van der Waals surface area contributed by atoms with Crippen LogP contribution in [0.4, 0.5) is 0 Å². The molecule has 0 heterocycles. The maximum atomic E-state index is 2.85. The van der Waals surface area contributed by atoms with Crippen LogP contribution in [0.5, 0.6) is 0 Å². The third-order valence-corrected chi connectivity index (χ3v) is 22.4. The lowest BCUT2D eigenvalue weighted by Gasteiger charge is -2.84. The molecule has 4 fully saturated rings. The average molecular weight is 695 g/mol. The van der Waals surface area contributed by atoms with Gasteiger partial charge >= 0.3 is 0 Å². The van der Waals surface area contributed by atoms with Gasteiger partial charge < -0.3 is 0 Å². The molecule has 0 nitrogen and oxygen atoms in total. The lowest BCUT2D eigenvalue weighted by molar-refractivity contribution is -0.367. The van der Waals surface area contributed by atoms with E-state index in [2.05, 4.69) is 173 Å². The minimum atomic E-state index is 0.0703. The molecule has 0 aromatic heterocycles. The summed E-state index contributed by atoms with van der Waals surface area (Å²) in [6.07, 6.45) is 1.43. The molecule has 294 valence electrons. The van der Waals surface area contributed by atoms with Gasteiger partial charge in [-0.25, -0.2) is 0 Å². The summed E-state index contributed by atoms with van der Waals surface area (Å²) in [5.74, 6) is 13.0. The highest BCUT2D eigenvalue weighted by Crippen LogP contribution is 2.86. The Morgan fingerprint density at radius 1 is 0.420 bits per heavy atom. The van der Waals surface area contributed by atoms with Crippen LogP contribution in [0.3, 0.4) is 0 Å². The smallest absolute Gasteiger partial charge is 0.00768 e. The van der Waals surface area contributed by atoms with E-state index in [-0.39, 0.29) is 37.9 Å². The highest BCUT2D eigenvalue weighted by Gasteiger charge is 2.81. The van der Waals surface area contributed by atoms with Crippen LogP contribution >= 0.6 is 0 Å². The molecule has 50 heavy (non-hydrogen) atoms. The Labute approximate surface area is 317 Å². The molecule has 0 aromatic carbocycles. The van der Waals surface area contributed by atoms with Crippen molar-refractivity contribution in [2.75, 3.05) is 0 Å². The zero-order valence-electron chi connectivity index (χ0n) is 39.0. The second kappa shape index (κ2) is 12.8. The third-order valence-electron chi connectivity index (χ3n) is 22.4. The largest absolute Gasteiger partial charge is 0.0620 e. The second-order valence-electron chi connectivity index (χ2n) is 24.9. The highest BCUT2D eigenvalue weighted by atomic mass is 14.8. The van der Waals surface area contributed by atoms with Crippen molar-refractivity contribution in [2.45, 2.75) is 180 Å². The summed E-state index contributed by atoms with van der Waals surface area (Å²) < 4.78 is 0. The molecular weight excluding hydrogens is 601 g/mol. The van der Waals surface area contributed by atoms with Crippen LogP contribution in [0.15, 0.2) is 0 Å². The van der Waals surface area contributed by atoms with E-state index in [1.165, 1.54) is 6.42 Å². The summed E-state index contributed by atoms with van der Waals surface area (Å²) >= 11 is 0. The van der Waals surface area contributed by atoms with Gasteiger partial charge in [-0.15, -0.1) is 0 Å². The van der Waals surface area contributed by atoms with Crippen molar-refractivity contribution in [3.8, 4) is 0 Å². The molecule has 0 aliphatic heterocycles. The number of rotatable bonds is 4. The van der Waals surface area contributed by atoms with Crippen molar-refractivity contribution < 1.29 is 0 Å². The van der Waals surface area contributed by atoms with Crippen molar-refractivity contribution in [3.63, 3.8) is 0 Å². The predicted molar refractivity (Wildman–Crippen MR) is 223 cm³/mol. The van der Waals surface area contributed by atoms with Crippen LogP contribution in [-0.2, 0) is 0 Å². The summed E-state index contributed by atoms with van der Waals surface area (Å²) in [6.45, 7) is 67.7. The first-order valence-corrected chi connectivity index (χ1v) is 22.3. The van der Waals surface area contributed by atoms with Crippen LogP contribution < -0.4 is 0 Å². The Hall–Kier alpha value is 0. The molecule has 0 bridgehead atoms. The van der Waals surface area contributed by atoms with Crippen molar-refractivity contribution in [3.05, 3.63) is 0 Å². The fourth-order valence-electron chi connectivity index (χ4n) is 18.3. The number of hydrogen-bond donors (Lipinski definition) is 0. The maximum Gasteiger partial charge on any atom is -0.00768 e. The monoisotopic (exact) mass is 695 g/mol. The molecule has 0 N–H and O–H groups in total. The van der Waals surface area contributed by atoms with Gasteiger partial charge in [-0.1, -0.05) is 173 Å². The summed E-state index contributed by atoms with van der Waals surface area (Å²) in [6, 6.07) is 0. The van der Waals surface area contributed by atoms with E-state index >= 15 is 0 Å². The molecular formula is C50H94. The van der Waals surface area contributed by atoms with Crippen molar-refractivity contribution in [1.29, 1.82) is 0 Å². The topological polar surface area (TPSA) is 0 Å². The molecule has 0 saturated heterocycles. The molecule has 4 aliphatic carbocycles. The molecule has 0 spiro atoms. The molecule has 8 unspecified atom stereocenters. The summed E-state index contributed by atoms with van der Waals surface area (Å²) in [4.78, 5) is 0. The Kier molecular flexibility index (Phi) is 10.9. The van der Waals surface area contributed by atoms with E-state index in [4.69, 9.17) is 0 Å². The van der Waals surface area contributed by atoms with E-state index < -0.39 is 0 Å². The van der Waals surface area contributed by atoms with Gasteiger partial charge in [-0.05, 0) is 145 Å². The predicted octanol–water partition coefficient (Wildman–Crippen LogP) is 15.3. The van der Waals surface area contributed by atoms with Crippen molar-refractivity contribution in [2.24, 2.45) is 139 Å². The lowest BCUT2D eigenvalue weighted by atomic mass is 9.20. The first kappa shape index (κ1) is 42.7. The van der Waals surface area contributed by atoms with E-state index in [0.717, 1.165) is 71.0 Å². The van der Waals surface area contributed by atoms with Crippen LogP contribution in [0.25, 0.3) is 0 Å². The molecule has 0 radical (unpaired) electrons. The van der Waals surface area contributed by atoms with E-state index in [1.807, 2.05) is 0 Å². The molecule has 0 heteroatoms. The number of hydrogen-bond acceptors (Lipinski definition) is 0. The minimum absolute atomic E-state index is 0.0703. The SMILES string of the molecule is CC1C2[C@H](CC(C3[C@@H](C)[C@@H](C)C(C)[C@@H](C)[C@H]3C)[C@H]1C)C(C)(C)C(C)(C)C(C(C)(C)C1[C@@H](C)[C@@H](C)C(C)[C@@H](C)[C@H]1C)(C(C)(C)C(C)(C)C)C2(C)C. The van der Waals surface area contributed by atoms with Gasteiger partial charge in [0.15, 0.2) is 0 Å². The van der Waals surface area contributed by atoms with Crippen LogP contribution in [-0.4, -0.2) is 0 Å². The minimum Gasteiger partial charge on any atom is -0.0620 e. The standard InChI is InChI=1S/C50H94/c1-27-29(3)34(8)41(35(9)30(27)4)39-26-40-43(38(12)33(39)7)47(20,21)50(48(22,23)44(13,14)15,49(24,25)45(40,16)17)46(18,19)42-36(10)31(5)28(2)32(6)37(42)11/h27-43H,26H2,1-25H3/t27?,28?,29-,30+,31-,32+,33-,34-,35+,36-,37+,38?,39?,40-,41?,42?,43?,50?/m0/s1. The van der Waals surface area contributed by atoms with Crippen molar-refractivity contribution >= 4 is 0 Å². The van der Waals surface area contributed by atoms with E-state index in [1.54, 1.807) is 0 Å². The molecule has 4 saturated carbocycles. The Balaban J connectivity index is 2.04. The van der Waals surface area contributed by atoms with Gasteiger partial charge in [0.1, 0.15) is 0 Å². The Morgan fingerprint density at radius 3 is 1.16 bits per heavy atom. The van der Waals surface area contributed by atoms with Gasteiger partial charge in [0.2, 0.25) is 0 Å². The van der Waals surface area contributed by atoms with Crippen molar-refractivity contribution in [1.82, 2.24) is 0 Å². The van der Waals surface area contributed by atoms with Crippen LogP contribution in [0.1, 0.15) is 180 Å².